The van der Waals surface area contributed by atoms with Gasteiger partial charge in [-0.3, -0.25) is 4.79 Å². The van der Waals surface area contributed by atoms with E-state index in [1.165, 1.54) is 0 Å². The summed E-state index contributed by atoms with van der Waals surface area (Å²) in [6.45, 7) is 1.39. The number of carboxylic acid groups (broad SMARTS) is 1. The Kier molecular flexibility index (Phi) is 4.18. The topological polar surface area (TPSA) is 69.6 Å². The maximum atomic E-state index is 10.8. The highest BCUT2D eigenvalue weighted by Gasteiger charge is 2.32. The largest absolute Gasteiger partial charge is 0.481 e. The number of aliphatic hydroxyl groups is 1. The van der Waals surface area contributed by atoms with Crippen molar-refractivity contribution in [3.8, 4) is 0 Å². The van der Waals surface area contributed by atoms with Crippen LogP contribution < -0.4 is 5.32 Å². The van der Waals surface area contributed by atoms with Gasteiger partial charge in [0.1, 0.15) is 0 Å². The molecule has 0 radical (unpaired) electrons. The van der Waals surface area contributed by atoms with E-state index in [1.807, 2.05) is 0 Å². The van der Waals surface area contributed by atoms with Crippen molar-refractivity contribution in [2.45, 2.75) is 19.3 Å². The molecule has 0 aromatic rings. The van der Waals surface area contributed by atoms with E-state index < -0.39 is 5.97 Å². The van der Waals surface area contributed by atoms with Crippen LogP contribution in [-0.2, 0) is 4.79 Å². The SMILES string of the molecule is O=C(O)C1CCCC1CNCCO. The van der Waals surface area contributed by atoms with Gasteiger partial charge in [0.25, 0.3) is 0 Å². The van der Waals surface area contributed by atoms with E-state index in [-0.39, 0.29) is 18.4 Å². The Bertz CT molecular complexity index is 172. The molecular weight excluding hydrogens is 170 g/mol. The molecule has 1 rings (SSSR count). The number of aliphatic carboxylic acids is 1. The molecule has 0 aromatic heterocycles. The molecule has 2 unspecified atom stereocenters. The summed E-state index contributed by atoms with van der Waals surface area (Å²) in [5.41, 5.74) is 0. The van der Waals surface area contributed by atoms with Crippen molar-refractivity contribution in [2.24, 2.45) is 11.8 Å². The molecular formula is C9H17NO3. The van der Waals surface area contributed by atoms with Gasteiger partial charge in [0.15, 0.2) is 0 Å². The highest BCUT2D eigenvalue weighted by Crippen LogP contribution is 2.31. The van der Waals surface area contributed by atoms with E-state index in [9.17, 15) is 4.79 Å². The fourth-order valence-electron chi connectivity index (χ4n) is 1.97. The summed E-state index contributed by atoms with van der Waals surface area (Å²) in [6, 6.07) is 0. The van der Waals surface area contributed by atoms with Crippen LogP contribution >= 0.6 is 0 Å². The summed E-state index contributed by atoms with van der Waals surface area (Å²) < 4.78 is 0. The number of rotatable bonds is 5. The maximum absolute atomic E-state index is 10.8. The van der Waals surface area contributed by atoms with E-state index in [2.05, 4.69) is 5.32 Å². The second-order valence-corrected chi connectivity index (χ2v) is 3.56. The molecule has 1 aliphatic carbocycles. The van der Waals surface area contributed by atoms with E-state index in [4.69, 9.17) is 10.2 Å². The average Bonchev–Trinajstić information content (AvgIpc) is 2.53. The van der Waals surface area contributed by atoms with Crippen LogP contribution in [0.2, 0.25) is 0 Å². The quantitative estimate of drug-likeness (QED) is 0.533. The number of carboxylic acids is 1. The van der Waals surface area contributed by atoms with Gasteiger partial charge in [-0.15, -0.1) is 0 Å². The van der Waals surface area contributed by atoms with Crippen LogP contribution in [-0.4, -0.2) is 35.9 Å². The summed E-state index contributed by atoms with van der Waals surface area (Å²) in [4.78, 5) is 10.8. The Labute approximate surface area is 78.0 Å². The van der Waals surface area contributed by atoms with Crippen LogP contribution in [0, 0.1) is 11.8 Å². The van der Waals surface area contributed by atoms with Crippen molar-refractivity contribution in [2.75, 3.05) is 19.7 Å². The Morgan fingerprint density at radius 2 is 2.23 bits per heavy atom. The molecule has 0 aliphatic heterocycles. The number of hydrogen-bond donors (Lipinski definition) is 3. The van der Waals surface area contributed by atoms with Crippen LogP contribution in [0.5, 0.6) is 0 Å². The first-order valence-electron chi connectivity index (χ1n) is 4.80. The Morgan fingerprint density at radius 3 is 2.85 bits per heavy atom. The zero-order chi connectivity index (χ0) is 9.68. The highest BCUT2D eigenvalue weighted by molar-refractivity contribution is 5.70. The lowest BCUT2D eigenvalue weighted by atomic mass is 9.96. The molecule has 0 spiro atoms. The summed E-state index contributed by atoms with van der Waals surface area (Å²) in [5.74, 6) is -0.594. The fraction of sp³-hybridized carbons (Fsp3) is 0.889. The van der Waals surface area contributed by atoms with Gasteiger partial charge in [0.2, 0.25) is 0 Å². The monoisotopic (exact) mass is 187 g/mol. The number of hydrogen-bond acceptors (Lipinski definition) is 3. The molecule has 0 aromatic carbocycles. The van der Waals surface area contributed by atoms with Gasteiger partial charge in [-0.25, -0.2) is 0 Å². The molecule has 13 heavy (non-hydrogen) atoms. The maximum Gasteiger partial charge on any atom is 0.306 e. The lowest BCUT2D eigenvalue weighted by Gasteiger charge is -2.15. The number of carbonyl (C=O) groups is 1. The van der Waals surface area contributed by atoms with Crippen molar-refractivity contribution in [3.63, 3.8) is 0 Å². The molecule has 0 amide bonds. The normalized spacial score (nSPS) is 27.8. The van der Waals surface area contributed by atoms with Crippen LogP contribution in [0.3, 0.4) is 0 Å². The van der Waals surface area contributed by atoms with Gasteiger partial charge in [-0.1, -0.05) is 6.42 Å². The summed E-state index contributed by atoms with van der Waals surface area (Å²) in [7, 11) is 0. The molecule has 2 atom stereocenters. The lowest BCUT2D eigenvalue weighted by molar-refractivity contribution is -0.142. The van der Waals surface area contributed by atoms with Crippen molar-refractivity contribution in [1.82, 2.24) is 5.32 Å². The molecule has 0 saturated heterocycles. The molecule has 1 fully saturated rings. The summed E-state index contributed by atoms with van der Waals surface area (Å²) >= 11 is 0. The van der Waals surface area contributed by atoms with E-state index in [0.717, 1.165) is 25.8 Å². The van der Waals surface area contributed by atoms with E-state index in [0.29, 0.717) is 6.54 Å². The summed E-state index contributed by atoms with van der Waals surface area (Å²) in [6.07, 6.45) is 2.82. The van der Waals surface area contributed by atoms with Crippen molar-refractivity contribution in [3.05, 3.63) is 0 Å². The van der Waals surface area contributed by atoms with E-state index >= 15 is 0 Å². The first-order valence-corrected chi connectivity index (χ1v) is 4.80. The van der Waals surface area contributed by atoms with Crippen molar-refractivity contribution >= 4 is 5.97 Å². The van der Waals surface area contributed by atoms with E-state index in [1.54, 1.807) is 0 Å². The first-order chi connectivity index (χ1) is 6.25. The molecule has 4 heteroatoms. The zero-order valence-electron chi connectivity index (χ0n) is 7.70. The second kappa shape index (κ2) is 5.19. The number of nitrogens with one attached hydrogen (secondary N) is 1. The van der Waals surface area contributed by atoms with Gasteiger partial charge in [-0.05, 0) is 25.3 Å². The molecule has 3 N–H and O–H groups in total. The number of aliphatic hydroxyl groups excluding tert-OH is 1. The summed E-state index contributed by atoms with van der Waals surface area (Å²) in [5, 5.41) is 20.4. The Hall–Kier alpha value is -0.610. The predicted octanol–water partition coefficient (Wildman–Crippen LogP) is 0.0692. The standard InChI is InChI=1S/C9H17NO3/c11-5-4-10-6-7-2-1-3-8(7)9(12)13/h7-8,10-11H,1-6H2,(H,12,13). The van der Waals surface area contributed by atoms with Gasteiger partial charge >= 0.3 is 5.97 Å². The minimum absolute atomic E-state index is 0.116. The van der Waals surface area contributed by atoms with Crippen LogP contribution in [0.15, 0.2) is 0 Å². The minimum Gasteiger partial charge on any atom is -0.481 e. The molecule has 1 aliphatic rings. The van der Waals surface area contributed by atoms with Gasteiger partial charge in [0.05, 0.1) is 12.5 Å². The molecule has 76 valence electrons. The Morgan fingerprint density at radius 1 is 1.46 bits per heavy atom. The third-order valence-electron chi connectivity index (χ3n) is 2.67. The Balaban J connectivity index is 2.27. The van der Waals surface area contributed by atoms with Crippen LogP contribution in [0.4, 0.5) is 0 Å². The fourth-order valence-corrected chi connectivity index (χ4v) is 1.97. The smallest absolute Gasteiger partial charge is 0.306 e. The lowest BCUT2D eigenvalue weighted by Crippen LogP contribution is -2.30. The first kappa shape index (κ1) is 10.5. The minimum atomic E-state index is -0.673. The molecule has 1 saturated carbocycles. The van der Waals surface area contributed by atoms with Crippen molar-refractivity contribution < 1.29 is 15.0 Å². The van der Waals surface area contributed by atoms with Gasteiger partial charge < -0.3 is 15.5 Å². The molecule has 0 bridgehead atoms. The van der Waals surface area contributed by atoms with Gasteiger partial charge in [-0.2, -0.15) is 0 Å². The zero-order valence-corrected chi connectivity index (χ0v) is 7.70. The molecule has 4 nitrogen and oxygen atoms in total. The molecule has 0 heterocycles. The van der Waals surface area contributed by atoms with Crippen LogP contribution in [0.25, 0.3) is 0 Å². The van der Waals surface area contributed by atoms with Gasteiger partial charge in [0, 0.05) is 6.54 Å². The predicted molar refractivity (Wildman–Crippen MR) is 48.4 cm³/mol. The average molecular weight is 187 g/mol. The highest BCUT2D eigenvalue weighted by atomic mass is 16.4. The van der Waals surface area contributed by atoms with Crippen LogP contribution in [0.1, 0.15) is 19.3 Å². The third kappa shape index (κ3) is 2.97. The third-order valence-corrected chi connectivity index (χ3v) is 2.67. The van der Waals surface area contributed by atoms with Crippen molar-refractivity contribution in [1.29, 1.82) is 0 Å². The second-order valence-electron chi connectivity index (χ2n) is 3.56.